The van der Waals surface area contributed by atoms with Gasteiger partial charge in [0.05, 0.1) is 23.0 Å². The van der Waals surface area contributed by atoms with E-state index in [1.807, 2.05) is 54.4 Å². The van der Waals surface area contributed by atoms with E-state index in [1.54, 1.807) is 21.1 Å². The maximum Gasteiger partial charge on any atom is 0.329 e. The van der Waals surface area contributed by atoms with Crippen LogP contribution in [-0.2, 0) is 29.6 Å². The van der Waals surface area contributed by atoms with E-state index in [0.29, 0.717) is 39.1 Å². The van der Waals surface area contributed by atoms with Gasteiger partial charge in [0.2, 0.25) is 11.8 Å². The number of ether oxygens (including phenoxy) is 1. The van der Waals surface area contributed by atoms with Gasteiger partial charge in [-0.3, -0.25) is 18.7 Å². The Morgan fingerprint density at radius 1 is 0.892 bits per heavy atom. The quantitative estimate of drug-likeness (QED) is 0.537. The van der Waals surface area contributed by atoms with Crippen LogP contribution in [0, 0.1) is 5.41 Å². The molecule has 0 radical (unpaired) electrons. The minimum atomic E-state index is -0.458. The molecule has 1 fully saturated rings. The summed E-state index contributed by atoms with van der Waals surface area (Å²) >= 11 is 0. The van der Waals surface area contributed by atoms with E-state index >= 15 is 0 Å². The molecule has 5 rings (SSSR count). The lowest BCUT2D eigenvalue weighted by Gasteiger charge is -2.43. The van der Waals surface area contributed by atoms with Crippen LogP contribution in [0.15, 0.2) is 53.3 Å². The van der Waals surface area contributed by atoms with Gasteiger partial charge in [-0.1, -0.05) is 36.8 Å². The second-order valence-corrected chi connectivity index (χ2v) is 10.5. The fraction of sp³-hybridized carbons (Fsp3) is 0.483. The van der Waals surface area contributed by atoms with Gasteiger partial charge in [-0.2, -0.15) is 0 Å². The minimum Gasteiger partial charge on any atom is -0.491 e. The molecule has 0 bridgehead atoms. The fourth-order valence-corrected chi connectivity index (χ4v) is 5.94. The van der Waals surface area contributed by atoms with Crippen molar-refractivity contribution in [3.63, 3.8) is 0 Å². The van der Waals surface area contributed by atoms with E-state index in [9.17, 15) is 14.4 Å². The molecule has 0 N–H and O–H groups in total. The number of hydrogen-bond donors (Lipinski definition) is 0. The van der Waals surface area contributed by atoms with Gasteiger partial charge in [-0.25, -0.2) is 4.79 Å². The van der Waals surface area contributed by atoms with Crippen LogP contribution in [0.1, 0.15) is 37.7 Å². The maximum absolute atomic E-state index is 13.7. The minimum absolute atomic E-state index is 0.0117. The number of carbonyl (C=O) groups excluding carboxylic acids is 2. The summed E-state index contributed by atoms with van der Waals surface area (Å²) in [7, 11) is 3.58. The summed E-state index contributed by atoms with van der Waals surface area (Å²) in [6.45, 7) is 2.05. The van der Waals surface area contributed by atoms with Crippen molar-refractivity contribution in [2.45, 2.75) is 45.1 Å². The van der Waals surface area contributed by atoms with Gasteiger partial charge in [0.25, 0.3) is 0 Å². The molecule has 0 saturated carbocycles. The van der Waals surface area contributed by atoms with Gasteiger partial charge >= 0.3 is 5.69 Å². The number of aryl methyl sites for hydroxylation is 2. The number of rotatable bonds is 2. The third kappa shape index (κ3) is 4.89. The number of piperidine rings is 1. The molecule has 8 nitrogen and oxygen atoms in total. The summed E-state index contributed by atoms with van der Waals surface area (Å²) in [6.07, 6.45) is 4.98. The van der Waals surface area contributed by atoms with Crippen molar-refractivity contribution in [3.05, 3.63) is 64.6 Å². The zero-order chi connectivity index (χ0) is 26.0. The largest absolute Gasteiger partial charge is 0.491 e. The van der Waals surface area contributed by atoms with E-state index in [0.717, 1.165) is 42.5 Å². The summed E-state index contributed by atoms with van der Waals surface area (Å²) in [5.41, 5.74) is 2.14. The van der Waals surface area contributed by atoms with Crippen LogP contribution < -0.4 is 10.4 Å². The average molecular weight is 505 g/mol. The molecular weight excluding hydrogens is 468 g/mol. The Morgan fingerprint density at radius 2 is 1.59 bits per heavy atom. The molecule has 1 spiro atoms. The van der Waals surface area contributed by atoms with Gasteiger partial charge in [0.15, 0.2) is 0 Å². The van der Waals surface area contributed by atoms with E-state index < -0.39 is 5.41 Å². The lowest BCUT2D eigenvalue weighted by atomic mass is 9.73. The van der Waals surface area contributed by atoms with Crippen molar-refractivity contribution < 1.29 is 14.3 Å². The van der Waals surface area contributed by atoms with Crippen LogP contribution in [0.5, 0.6) is 5.75 Å². The molecule has 3 aromatic rings. The van der Waals surface area contributed by atoms with Crippen LogP contribution >= 0.6 is 0 Å². The van der Waals surface area contributed by atoms with Crippen LogP contribution in [-0.4, -0.2) is 64.0 Å². The molecule has 3 heterocycles. The summed E-state index contributed by atoms with van der Waals surface area (Å²) < 4.78 is 9.15. The van der Waals surface area contributed by atoms with Crippen molar-refractivity contribution in [1.82, 2.24) is 18.9 Å². The predicted octanol–water partition coefficient (Wildman–Crippen LogP) is 3.21. The number of benzene rings is 2. The Kier molecular flexibility index (Phi) is 7.09. The molecule has 0 unspecified atom stereocenters. The fourth-order valence-electron chi connectivity index (χ4n) is 5.94. The number of nitrogens with zero attached hydrogens (tertiary/aromatic N) is 4. The highest BCUT2D eigenvalue weighted by molar-refractivity contribution is 5.84. The molecule has 2 amide bonds. The van der Waals surface area contributed by atoms with Gasteiger partial charge in [-0.15, -0.1) is 0 Å². The average Bonchev–Trinajstić information content (AvgIpc) is 3.16. The first-order valence-electron chi connectivity index (χ1n) is 13.3. The molecule has 2 aromatic carbocycles. The van der Waals surface area contributed by atoms with Crippen molar-refractivity contribution in [1.29, 1.82) is 0 Å². The molecule has 2 aliphatic heterocycles. The smallest absolute Gasteiger partial charge is 0.329 e. The Hall–Kier alpha value is -3.55. The lowest BCUT2D eigenvalue weighted by Crippen LogP contribution is -2.51. The van der Waals surface area contributed by atoms with Crippen LogP contribution in [0.4, 0.5) is 0 Å². The number of likely N-dealkylation sites (N-methyl/N-ethyl adjacent to an activating group) is 1. The third-order valence-electron chi connectivity index (χ3n) is 8.23. The van der Waals surface area contributed by atoms with Crippen molar-refractivity contribution in [3.8, 4) is 5.75 Å². The highest BCUT2D eigenvalue weighted by Gasteiger charge is 2.43. The zero-order valence-corrected chi connectivity index (χ0v) is 21.8. The topological polar surface area (TPSA) is 76.8 Å². The van der Waals surface area contributed by atoms with Gasteiger partial charge in [0, 0.05) is 27.2 Å². The van der Waals surface area contributed by atoms with Crippen molar-refractivity contribution in [2.24, 2.45) is 12.5 Å². The summed E-state index contributed by atoms with van der Waals surface area (Å²) in [6, 6.07) is 15.7. The molecule has 1 saturated heterocycles. The Labute approximate surface area is 217 Å². The van der Waals surface area contributed by atoms with E-state index in [4.69, 9.17) is 4.74 Å². The zero-order valence-electron chi connectivity index (χ0n) is 21.8. The van der Waals surface area contributed by atoms with Gasteiger partial charge in [-0.05, 0) is 55.9 Å². The standard InChI is InChI=1S/C29H36N4O4/c1-30-19-20-37-25-13-6-3-9-22(25)10-7-8-14-29(27(30)35)15-17-32(18-16-29)26(34)21-33-24-12-5-4-11-23(24)31(2)28(33)36/h3-6,9,11-13H,7-8,10,14-21H2,1-2H3. The molecule has 0 aliphatic carbocycles. The first-order valence-corrected chi connectivity index (χ1v) is 13.3. The summed E-state index contributed by atoms with van der Waals surface area (Å²) in [5, 5.41) is 0. The number of fused-ring (bicyclic) bond motifs is 2. The molecule has 0 atom stereocenters. The number of amides is 2. The number of hydrogen-bond acceptors (Lipinski definition) is 4. The Balaban J connectivity index is 1.28. The molecule has 2 aliphatic rings. The maximum atomic E-state index is 13.7. The van der Waals surface area contributed by atoms with Gasteiger partial charge in [0.1, 0.15) is 18.9 Å². The number of para-hydroxylation sites is 3. The summed E-state index contributed by atoms with van der Waals surface area (Å²) in [4.78, 5) is 43.3. The van der Waals surface area contributed by atoms with Crippen molar-refractivity contribution >= 4 is 22.8 Å². The number of imidazole rings is 1. The molecule has 8 heteroatoms. The monoisotopic (exact) mass is 504 g/mol. The second-order valence-electron chi connectivity index (χ2n) is 10.5. The van der Waals surface area contributed by atoms with E-state index in [2.05, 4.69) is 6.07 Å². The normalized spacial score (nSPS) is 18.7. The first kappa shape index (κ1) is 25.1. The molecule has 37 heavy (non-hydrogen) atoms. The first-order chi connectivity index (χ1) is 17.9. The van der Waals surface area contributed by atoms with Gasteiger partial charge < -0.3 is 14.5 Å². The highest BCUT2D eigenvalue weighted by atomic mass is 16.5. The highest BCUT2D eigenvalue weighted by Crippen LogP contribution is 2.39. The van der Waals surface area contributed by atoms with Crippen molar-refractivity contribution in [2.75, 3.05) is 33.3 Å². The predicted molar refractivity (Wildman–Crippen MR) is 143 cm³/mol. The Morgan fingerprint density at radius 3 is 2.38 bits per heavy atom. The van der Waals surface area contributed by atoms with E-state index in [-0.39, 0.29) is 24.0 Å². The van der Waals surface area contributed by atoms with Crippen LogP contribution in [0.25, 0.3) is 11.0 Å². The molecule has 1 aromatic heterocycles. The van der Waals surface area contributed by atoms with E-state index in [1.165, 1.54) is 5.56 Å². The SMILES string of the molecule is CN1CCOc2ccccc2CCCCC2(CCN(C(=O)Cn3c(=O)n(C)c4ccccc43)CC2)C1=O. The lowest BCUT2D eigenvalue weighted by molar-refractivity contribution is -0.148. The number of likely N-dealkylation sites (tertiary alicyclic amines) is 1. The molecular formula is C29H36N4O4. The van der Waals surface area contributed by atoms with Crippen LogP contribution in [0.2, 0.25) is 0 Å². The Bertz CT molecular complexity index is 1350. The number of aromatic nitrogens is 2. The number of carbonyl (C=O) groups is 2. The molecule has 196 valence electrons. The summed E-state index contributed by atoms with van der Waals surface area (Å²) in [5.74, 6) is 0.991. The third-order valence-corrected chi connectivity index (χ3v) is 8.23. The van der Waals surface area contributed by atoms with Crippen LogP contribution in [0.3, 0.4) is 0 Å². The second kappa shape index (κ2) is 10.4.